The number of hydrogen-bond donors (Lipinski definition) is 3. The molecule has 0 bridgehead atoms. The van der Waals surface area contributed by atoms with Gasteiger partial charge in [-0.05, 0) is 18.2 Å². The van der Waals surface area contributed by atoms with Gasteiger partial charge in [0.2, 0.25) is 0 Å². The molecule has 72 valence electrons. The lowest BCUT2D eigenvalue weighted by Crippen LogP contribution is -1.95. The van der Waals surface area contributed by atoms with Crippen LogP contribution >= 0.6 is 12.6 Å². The van der Waals surface area contributed by atoms with E-state index in [9.17, 15) is 4.79 Å². The number of imidazole rings is 1. The minimum absolute atomic E-state index is 0.206. The molecule has 14 heavy (non-hydrogen) atoms. The number of aromatic amines is 1. The SMILES string of the molecule is Nc1ccc2nc(CC(=O)S)[nH]c2c1. The van der Waals surface area contributed by atoms with E-state index in [1.807, 2.05) is 6.07 Å². The number of nitrogens with two attached hydrogens (primary N) is 1. The Bertz CT molecular complexity index is 492. The van der Waals surface area contributed by atoms with E-state index in [1.54, 1.807) is 12.1 Å². The number of rotatable bonds is 2. The van der Waals surface area contributed by atoms with Crippen LogP contribution in [0.15, 0.2) is 18.2 Å². The number of nitrogens with zero attached hydrogens (tertiary/aromatic N) is 1. The van der Waals surface area contributed by atoms with Crippen molar-refractivity contribution in [2.45, 2.75) is 6.42 Å². The first-order valence-electron chi connectivity index (χ1n) is 4.11. The lowest BCUT2D eigenvalue weighted by Gasteiger charge is -1.89. The predicted octanol–water partition coefficient (Wildman–Crippen LogP) is 1.14. The molecule has 3 N–H and O–H groups in total. The second-order valence-corrected chi connectivity index (χ2v) is 3.53. The number of aromatic nitrogens is 2. The van der Waals surface area contributed by atoms with Gasteiger partial charge in [-0.2, -0.15) is 0 Å². The van der Waals surface area contributed by atoms with Gasteiger partial charge in [-0.15, -0.1) is 12.6 Å². The monoisotopic (exact) mass is 207 g/mol. The quantitative estimate of drug-likeness (QED) is 0.511. The first-order chi connectivity index (χ1) is 6.65. The Morgan fingerprint density at radius 2 is 2.36 bits per heavy atom. The molecule has 0 radical (unpaired) electrons. The van der Waals surface area contributed by atoms with Crippen LogP contribution in [-0.4, -0.2) is 15.1 Å². The van der Waals surface area contributed by atoms with Crippen molar-refractivity contribution < 1.29 is 4.79 Å². The second-order valence-electron chi connectivity index (χ2n) is 3.03. The molecule has 2 aromatic rings. The Hall–Kier alpha value is -1.49. The number of H-pyrrole nitrogens is 1. The molecule has 5 heteroatoms. The van der Waals surface area contributed by atoms with Gasteiger partial charge in [0.05, 0.1) is 17.5 Å². The molecule has 1 heterocycles. The number of thiol groups is 1. The van der Waals surface area contributed by atoms with Gasteiger partial charge in [-0.1, -0.05) is 0 Å². The number of hydrogen-bond acceptors (Lipinski definition) is 3. The number of carbonyl (C=O) groups excluding carboxylic acids is 1. The lowest BCUT2D eigenvalue weighted by molar-refractivity contribution is -0.110. The lowest BCUT2D eigenvalue weighted by atomic mass is 10.3. The Morgan fingerprint density at radius 1 is 1.57 bits per heavy atom. The van der Waals surface area contributed by atoms with Gasteiger partial charge in [-0.3, -0.25) is 4.79 Å². The molecule has 0 atom stereocenters. The van der Waals surface area contributed by atoms with Crippen molar-refractivity contribution in [1.29, 1.82) is 0 Å². The highest BCUT2D eigenvalue weighted by atomic mass is 32.1. The Kier molecular flexibility index (Phi) is 2.17. The van der Waals surface area contributed by atoms with Gasteiger partial charge >= 0.3 is 0 Å². The number of benzene rings is 1. The van der Waals surface area contributed by atoms with Crippen molar-refractivity contribution >= 4 is 34.5 Å². The molecule has 0 aliphatic heterocycles. The molecule has 0 saturated heterocycles. The maximum absolute atomic E-state index is 10.7. The van der Waals surface area contributed by atoms with Crippen molar-refractivity contribution in [2.24, 2.45) is 0 Å². The minimum atomic E-state index is -0.211. The summed E-state index contributed by atoms with van der Waals surface area (Å²) in [5.41, 5.74) is 7.93. The molecular formula is C9H9N3OS. The summed E-state index contributed by atoms with van der Waals surface area (Å²) in [4.78, 5) is 18.0. The third-order valence-electron chi connectivity index (χ3n) is 1.87. The summed E-state index contributed by atoms with van der Waals surface area (Å²) in [6.07, 6.45) is 0.206. The molecule has 0 unspecified atom stereocenters. The van der Waals surface area contributed by atoms with E-state index in [4.69, 9.17) is 5.73 Å². The van der Waals surface area contributed by atoms with Crippen LogP contribution in [0.4, 0.5) is 5.69 Å². The zero-order valence-electron chi connectivity index (χ0n) is 7.32. The van der Waals surface area contributed by atoms with E-state index in [2.05, 4.69) is 22.6 Å². The van der Waals surface area contributed by atoms with E-state index in [1.165, 1.54) is 0 Å². The standard InChI is InChI=1S/C9H9N3OS/c10-5-1-2-6-7(3-5)12-8(11-6)4-9(13)14/h1-3H,4,10H2,(H,11,12)(H,13,14). The summed E-state index contributed by atoms with van der Waals surface area (Å²) in [6.45, 7) is 0. The topological polar surface area (TPSA) is 71.8 Å². The van der Waals surface area contributed by atoms with Gasteiger partial charge in [-0.25, -0.2) is 4.98 Å². The van der Waals surface area contributed by atoms with Crippen LogP contribution in [0.5, 0.6) is 0 Å². The number of nitrogens with one attached hydrogen (secondary N) is 1. The predicted molar refractivity (Wildman–Crippen MR) is 58.2 cm³/mol. The summed E-state index contributed by atoms with van der Waals surface area (Å²) in [6, 6.07) is 5.37. The third-order valence-corrected chi connectivity index (χ3v) is 2.03. The van der Waals surface area contributed by atoms with Crippen LogP contribution in [0.3, 0.4) is 0 Å². The summed E-state index contributed by atoms with van der Waals surface area (Å²) >= 11 is 3.69. The fraction of sp³-hybridized carbons (Fsp3) is 0.111. The second kappa shape index (κ2) is 3.34. The molecule has 4 nitrogen and oxygen atoms in total. The Morgan fingerprint density at radius 3 is 3.07 bits per heavy atom. The van der Waals surface area contributed by atoms with Crippen LogP contribution < -0.4 is 5.73 Å². The normalized spacial score (nSPS) is 10.6. The van der Waals surface area contributed by atoms with Crippen molar-refractivity contribution in [3.05, 3.63) is 24.0 Å². The van der Waals surface area contributed by atoms with Crippen LogP contribution in [0.1, 0.15) is 5.82 Å². The average molecular weight is 207 g/mol. The van der Waals surface area contributed by atoms with E-state index in [0.717, 1.165) is 11.0 Å². The maximum Gasteiger partial charge on any atom is 0.193 e. The Labute approximate surface area is 85.9 Å². The van der Waals surface area contributed by atoms with Crippen molar-refractivity contribution in [3.63, 3.8) is 0 Å². The highest BCUT2D eigenvalue weighted by molar-refractivity contribution is 7.96. The largest absolute Gasteiger partial charge is 0.399 e. The molecule has 1 aromatic carbocycles. The van der Waals surface area contributed by atoms with Crippen molar-refractivity contribution in [2.75, 3.05) is 5.73 Å². The van der Waals surface area contributed by atoms with E-state index < -0.39 is 0 Å². The fourth-order valence-corrected chi connectivity index (χ4v) is 1.46. The van der Waals surface area contributed by atoms with Crippen molar-refractivity contribution in [1.82, 2.24) is 9.97 Å². The molecule has 0 fully saturated rings. The zero-order chi connectivity index (χ0) is 10.1. The smallest absolute Gasteiger partial charge is 0.193 e. The van der Waals surface area contributed by atoms with E-state index in [0.29, 0.717) is 11.5 Å². The zero-order valence-corrected chi connectivity index (χ0v) is 8.21. The number of fused-ring (bicyclic) bond motifs is 1. The van der Waals surface area contributed by atoms with Gasteiger partial charge in [0, 0.05) is 5.69 Å². The van der Waals surface area contributed by atoms with Crippen LogP contribution in [0, 0.1) is 0 Å². The van der Waals surface area contributed by atoms with Crippen LogP contribution in [0.25, 0.3) is 11.0 Å². The first-order valence-corrected chi connectivity index (χ1v) is 4.56. The van der Waals surface area contributed by atoms with E-state index in [-0.39, 0.29) is 11.5 Å². The van der Waals surface area contributed by atoms with Gasteiger partial charge in [0.25, 0.3) is 0 Å². The van der Waals surface area contributed by atoms with Crippen LogP contribution in [-0.2, 0) is 11.2 Å². The molecule has 0 aliphatic rings. The van der Waals surface area contributed by atoms with Crippen LogP contribution in [0.2, 0.25) is 0 Å². The molecule has 1 aromatic heterocycles. The molecule has 0 spiro atoms. The molecule has 0 amide bonds. The number of carbonyl (C=O) groups is 1. The Balaban J connectivity index is 2.46. The fourth-order valence-electron chi connectivity index (χ4n) is 1.31. The van der Waals surface area contributed by atoms with E-state index >= 15 is 0 Å². The molecule has 2 rings (SSSR count). The van der Waals surface area contributed by atoms with Gasteiger partial charge < -0.3 is 10.7 Å². The summed E-state index contributed by atoms with van der Waals surface area (Å²) in [5, 5.41) is -0.211. The molecular weight excluding hydrogens is 198 g/mol. The summed E-state index contributed by atoms with van der Waals surface area (Å²) in [7, 11) is 0. The number of nitrogen functional groups attached to an aromatic ring is 1. The van der Waals surface area contributed by atoms with Gasteiger partial charge in [0.15, 0.2) is 5.12 Å². The van der Waals surface area contributed by atoms with Gasteiger partial charge in [0.1, 0.15) is 5.82 Å². The minimum Gasteiger partial charge on any atom is -0.399 e. The highest BCUT2D eigenvalue weighted by Gasteiger charge is 2.05. The first kappa shape index (κ1) is 9.08. The molecule has 0 aliphatic carbocycles. The highest BCUT2D eigenvalue weighted by Crippen LogP contribution is 2.15. The summed E-state index contributed by atoms with van der Waals surface area (Å²) in [5.74, 6) is 0.616. The summed E-state index contributed by atoms with van der Waals surface area (Å²) < 4.78 is 0. The average Bonchev–Trinajstić information content (AvgIpc) is 2.44. The van der Waals surface area contributed by atoms with Crippen molar-refractivity contribution in [3.8, 4) is 0 Å². The maximum atomic E-state index is 10.7. The molecule has 0 saturated carbocycles. The number of anilines is 1. The third kappa shape index (κ3) is 1.72.